The number of aryl methyl sites for hydroxylation is 1. The summed E-state index contributed by atoms with van der Waals surface area (Å²) in [4.78, 5) is 0. The molecule has 0 amide bonds. The number of dihydropyridines is 1. The van der Waals surface area contributed by atoms with Gasteiger partial charge in [-0.2, -0.15) is 0 Å². The molecule has 0 spiro atoms. The minimum atomic E-state index is 1.01. The molecule has 2 nitrogen and oxygen atoms in total. The normalized spacial score (nSPS) is 15.0. The van der Waals surface area contributed by atoms with Gasteiger partial charge in [0.05, 0.1) is 0 Å². The van der Waals surface area contributed by atoms with Crippen molar-refractivity contribution in [2.45, 2.75) is 33.1 Å². The Bertz CT molecular complexity index is 480. The lowest BCUT2D eigenvalue weighted by atomic mass is 9.97. The van der Waals surface area contributed by atoms with Gasteiger partial charge in [0.1, 0.15) is 0 Å². The van der Waals surface area contributed by atoms with Crippen molar-refractivity contribution < 1.29 is 0 Å². The minimum Gasteiger partial charge on any atom is -0.388 e. The van der Waals surface area contributed by atoms with E-state index in [1.807, 2.05) is 7.05 Å². The SMILES string of the molecule is CCC1=CC(C)=C(CCc2ccc(NC)cc2)CN1. The van der Waals surface area contributed by atoms with E-state index in [4.69, 9.17) is 0 Å². The van der Waals surface area contributed by atoms with Crippen LogP contribution < -0.4 is 10.6 Å². The summed E-state index contributed by atoms with van der Waals surface area (Å²) in [6.07, 6.45) is 5.65. The van der Waals surface area contributed by atoms with E-state index in [9.17, 15) is 0 Å². The molecule has 0 fully saturated rings. The van der Waals surface area contributed by atoms with Crippen molar-refractivity contribution in [3.8, 4) is 0 Å². The van der Waals surface area contributed by atoms with E-state index < -0.39 is 0 Å². The monoisotopic (exact) mass is 256 g/mol. The summed E-state index contributed by atoms with van der Waals surface area (Å²) in [6, 6.07) is 8.71. The van der Waals surface area contributed by atoms with Crippen molar-refractivity contribution in [1.82, 2.24) is 5.32 Å². The molecule has 2 rings (SSSR count). The Balaban J connectivity index is 1.96. The van der Waals surface area contributed by atoms with Gasteiger partial charge < -0.3 is 10.6 Å². The molecule has 1 aromatic carbocycles. The number of hydrogen-bond donors (Lipinski definition) is 2. The van der Waals surface area contributed by atoms with E-state index >= 15 is 0 Å². The maximum atomic E-state index is 3.50. The van der Waals surface area contributed by atoms with Crippen LogP contribution in [0.3, 0.4) is 0 Å². The van der Waals surface area contributed by atoms with Gasteiger partial charge >= 0.3 is 0 Å². The van der Waals surface area contributed by atoms with Gasteiger partial charge in [-0.15, -0.1) is 0 Å². The average molecular weight is 256 g/mol. The van der Waals surface area contributed by atoms with Crippen LogP contribution >= 0.6 is 0 Å². The van der Waals surface area contributed by atoms with Crippen LogP contribution in [0.1, 0.15) is 32.3 Å². The summed E-state index contributed by atoms with van der Waals surface area (Å²) in [5.41, 5.74) is 6.93. The average Bonchev–Trinajstić information content (AvgIpc) is 2.46. The first-order valence-electron chi connectivity index (χ1n) is 7.12. The van der Waals surface area contributed by atoms with E-state index in [1.165, 1.54) is 28.1 Å². The zero-order valence-electron chi connectivity index (χ0n) is 12.2. The molecule has 102 valence electrons. The fourth-order valence-corrected chi connectivity index (χ4v) is 2.42. The number of nitrogens with one attached hydrogen (secondary N) is 2. The van der Waals surface area contributed by atoms with Crippen LogP contribution in [-0.4, -0.2) is 13.6 Å². The largest absolute Gasteiger partial charge is 0.388 e. The summed E-state index contributed by atoms with van der Waals surface area (Å²) in [5.74, 6) is 0. The van der Waals surface area contributed by atoms with Crippen LogP contribution in [0.4, 0.5) is 5.69 Å². The first kappa shape index (κ1) is 13.7. The van der Waals surface area contributed by atoms with Crippen LogP contribution in [0.2, 0.25) is 0 Å². The van der Waals surface area contributed by atoms with E-state index in [0.717, 1.165) is 25.8 Å². The van der Waals surface area contributed by atoms with Crippen LogP contribution in [0, 0.1) is 0 Å². The highest BCUT2D eigenvalue weighted by molar-refractivity contribution is 5.44. The van der Waals surface area contributed by atoms with E-state index in [1.54, 1.807) is 0 Å². The highest BCUT2D eigenvalue weighted by Crippen LogP contribution is 2.20. The lowest BCUT2D eigenvalue weighted by Crippen LogP contribution is -2.21. The highest BCUT2D eigenvalue weighted by atomic mass is 14.9. The Morgan fingerprint density at radius 3 is 2.47 bits per heavy atom. The molecule has 1 aliphatic heterocycles. The first-order valence-corrected chi connectivity index (χ1v) is 7.12. The molecule has 1 aliphatic rings. The van der Waals surface area contributed by atoms with Crippen LogP contribution in [-0.2, 0) is 6.42 Å². The molecule has 0 saturated carbocycles. The fourth-order valence-electron chi connectivity index (χ4n) is 2.42. The Morgan fingerprint density at radius 2 is 1.89 bits per heavy atom. The maximum Gasteiger partial charge on any atom is 0.0362 e. The quantitative estimate of drug-likeness (QED) is 0.835. The van der Waals surface area contributed by atoms with E-state index in [2.05, 4.69) is 54.8 Å². The second kappa shape index (κ2) is 6.46. The van der Waals surface area contributed by atoms with Crippen molar-refractivity contribution in [3.63, 3.8) is 0 Å². The fraction of sp³-hybridized carbons (Fsp3) is 0.412. The minimum absolute atomic E-state index is 1.01. The predicted molar refractivity (Wildman–Crippen MR) is 83.4 cm³/mol. The molecular formula is C17H24N2. The Labute approximate surface area is 116 Å². The van der Waals surface area contributed by atoms with Crippen molar-refractivity contribution in [2.75, 3.05) is 18.9 Å². The molecular weight excluding hydrogens is 232 g/mol. The molecule has 0 saturated heterocycles. The van der Waals surface area contributed by atoms with Gasteiger partial charge in [0.15, 0.2) is 0 Å². The second-order valence-electron chi connectivity index (χ2n) is 5.11. The highest BCUT2D eigenvalue weighted by Gasteiger charge is 2.08. The molecule has 0 aliphatic carbocycles. The lowest BCUT2D eigenvalue weighted by molar-refractivity contribution is 0.754. The molecule has 1 heterocycles. The Kier molecular flexibility index (Phi) is 4.67. The molecule has 0 atom stereocenters. The van der Waals surface area contributed by atoms with Gasteiger partial charge in [-0.1, -0.05) is 19.1 Å². The molecule has 2 heteroatoms. The molecule has 0 bridgehead atoms. The Hall–Kier alpha value is -1.70. The first-order chi connectivity index (χ1) is 9.22. The molecule has 0 radical (unpaired) electrons. The number of benzene rings is 1. The van der Waals surface area contributed by atoms with Crippen molar-refractivity contribution in [1.29, 1.82) is 0 Å². The van der Waals surface area contributed by atoms with Gasteiger partial charge in [0.25, 0.3) is 0 Å². The van der Waals surface area contributed by atoms with Crippen molar-refractivity contribution >= 4 is 5.69 Å². The zero-order valence-corrected chi connectivity index (χ0v) is 12.2. The van der Waals surface area contributed by atoms with Gasteiger partial charge in [-0.3, -0.25) is 0 Å². The number of allylic oxidation sites excluding steroid dienone is 3. The standard InChI is InChI=1S/C17H24N2/c1-4-16-11-13(2)15(12-19-16)8-5-14-6-9-17(18-3)10-7-14/h6-7,9-11,18-19H,4-5,8,12H2,1-3H3. The number of hydrogen-bond acceptors (Lipinski definition) is 2. The van der Waals surface area contributed by atoms with Crippen molar-refractivity contribution in [3.05, 3.63) is 52.7 Å². The molecule has 1 aromatic rings. The zero-order chi connectivity index (χ0) is 13.7. The summed E-state index contributed by atoms with van der Waals surface area (Å²) in [5, 5.41) is 6.65. The Morgan fingerprint density at radius 1 is 1.16 bits per heavy atom. The van der Waals surface area contributed by atoms with Gasteiger partial charge in [-0.05, 0) is 61.1 Å². The number of rotatable bonds is 5. The van der Waals surface area contributed by atoms with Crippen LogP contribution in [0.25, 0.3) is 0 Å². The summed E-state index contributed by atoms with van der Waals surface area (Å²) in [6.45, 7) is 5.44. The molecule has 19 heavy (non-hydrogen) atoms. The van der Waals surface area contributed by atoms with Crippen LogP contribution in [0.5, 0.6) is 0 Å². The van der Waals surface area contributed by atoms with Gasteiger partial charge in [-0.25, -0.2) is 0 Å². The molecule has 0 unspecified atom stereocenters. The maximum absolute atomic E-state index is 3.50. The third-order valence-corrected chi connectivity index (χ3v) is 3.82. The topological polar surface area (TPSA) is 24.1 Å². The van der Waals surface area contributed by atoms with E-state index in [0.29, 0.717) is 0 Å². The van der Waals surface area contributed by atoms with Crippen molar-refractivity contribution in [2.24, 2.45) is 0 Å². The summed E-state index contributed by atoms with van der Waals surface area (Å²) in [7, 11) is 1.95. The van der Waals surface area contributed by atoms with Gasteiger partial charge in [0.2, 0.25) is 0 Å². The lowest BCUT2D eigenvalue weighted by Gasteiger charge is -2.20. The smallest absolute Gasteiger partial charge is 0.0362 e. The molecule has 0 aromatic heterocycles. The summed E-state index contributed by atoms with van der Waals surface area (Å²) >= 11 is 0. The third-order valence-electron chi connectivity index (χ3n) is 3.82. The summed E-state index contributed by atoms with van der Waals surface area (Å²) < 4.78 is 0. The molecule has 2 N–H and O–H groups in total. The predicted octanol–water partition coefficient (Wildman–Crippen LogP) is 3.87. The van der Waals surface area contributed by atoms with Gasteiger partial charge in [0, 0.05) is 25.0 Å². The third kappa shape index (κ3) is 3.63. The van der Waals surface area contributed by atoms with E-state index in [-0.39, 0.29) is 0 Å². The number of anilines is 1. The van der Waals surface area contributed by atoms with Crippen LogP contribution in [0.15, 0.2) is 47.2 Å². The second-order valence-corrected chi connectivity index (χ2v) is 5.11.